The Bertz CT molecular complexity index is 465. The molecule has 3 nitrogen and oxygen atoms in total. The molecule has 14 heavy (non-hydrogen) atoms. The summed E-state index contributed by atoms with van der Waals surface area (Å²) in [7, 11) is 0. The molecule has 1 N–H and O–H groups in total. The normalized spacial score (nSPS) is 9.43. The van der Waals surface area contributed by atoms with Gasteiger partial charge >= 0.3 is 5.97 Å². The number of fused-ring (bicyclic) bond motifs is 1. The zero-order valence-electron chi connectivity index (χ0n) is 7.08. The van der Waals surface area contributed by atoms with Crippen LogP contribution in [0.4, 0.5) is 0 Å². The molecule has 0 saturated carbocycles. The minimum Gasteiger partial charge on any atom is -0.478 e. The molecule has 4 heteroatoms. The number of carbonyl (C=O) groups is 1. The maximum absolute atomic E-state index is 10.8. The average Bonchev–Trinajstić information content (AvgIpc) is 2.17. The van der Waals surface area contributed by atoms with Crippen LogP contribution in [-0.4, -0.2) is 16.1 Å². The summed E-state index contributed by atoms with van der Waals surface area (Å²) in [5, 5.41) is 9.69. The van der Waals surface area contributed by atoms with E-state index in [9.17, 15) is 4.79 Å². The maximum atomic E-state index is 10.8. The van der Waals surface area contributed by atoms with Crippen molar-refractivity contribution in [2.24, 2.45) is 0 Å². The van der Waals surface area contributed by atoms with Crippen molar-refractivity contribution in [2.45, 2.75) is 0 Å². The van der Waals surface area contributed by atoms with Crippen LogP contribution >= 0.6 is 0 Å². The standard InChI is InChI=1S/C10H7NO2.Pd/c12-10(13)8-5-1-3-7-4-2-6-11-9(7)8;/h1-6H,(H,12,13);. The molecule has 1 aromatic heterocycles. The molecule has 0 fully saturated rings. The Hall–Kier alpha value is -1.24. The maximum Gasteiger partial charge on any atom is 0.337 e. The van der Waals surface area contributed by atoms with E-state index in [1.807, 2.05) is 12.1 Å². The SMILES string of the molecule is O=C(O)c1cccc2cccnc12.[Pd]. The van der Waals surface area contributed by atoms with E-state index in [2.05, 4.69) is 4.98 Å². The predicted molar refractivity (Wildman–Crippen MR) is 48.7 cm³/mol. The summed E-state index contributed by atoms with van der Waals surface area (Å²) < 4.78 is 0. The van der Waals surface area contributed by atoms with Gasteiger partial charge in [-0.25, -0.2) is 4.79 Å². The summed E-state index contributed by atoms with van der Waals surface area (Å²) in [6.45, 7) is 0. The number of carboxylic acid groups (broad SMARTS) is 1. The zero-order valence-corrected chi connectivity index (χ0v) is 8.64. The number of nitrogens with zero attached hydrogens (tertiary/aromatic N) is 1. The monoisotopic (exact) mass is 279 g/mol. The molecule has 2 rings (SSSR count). The van der Waals surface area contributed by atoms with Crippen LogP contribution < -0.4 is 0 Å². The third kappa shape index (κ3) is 1.82. The second kappa shape index (κ2) is 4.32. The van der Waals surface area contributed by atoms with Crippen LogP contribution in [-0.2, 0) is 20.4 Å². The van der Waals surface area contributed by atoms with Crippen LogP contribution in [0.1, 0.15) is 10.4 Å². The summed E-state index contributed by atoms with van der Waals surface area (Å²) in [5.74, 6) is -0.940. The van der Waals surface area contributed by atoms with Crippen molar-refractivity contribution >= 4 is 16.9 Å². The van der Waals surface area contributed by atoms with Crippen molar-refractivity contribution in [1.82, 2.24) is 4.98 Å². The van der Waals surface area contributed by atoms with Crippen LogP contribution in [0, 0.1) is 0 Å². The van der Waals surface area contributed by atoms with Crippen LogP contribution in [0.5, 0.6) is 0 Å². The molecule has 0 bridgehead atoms. The van der Waals surface area contributed by atoms with Crippen molar-refractivity contribution in [3.8, 4) is 0 Å². The van der Waals surface area contributed by atoms with Gasteiger partial charge < -0.3 is 5.11 Å². The molecule has 2 aromatic rings. The largest absolute Gasteiger partial charge is 0.478 e. The Balaban J connectivity index is 0.000000980. The fourth-order valence-electron chi connectivity index (χ4n) is 1.28. The van der Waals surface area contributed by atoms with E-state index >= 15 is 0 Å². The van der Waals surface area contributed by atoms with Gasteiger partial charge in [0.05, 0.1) is 11.1 Å². The second-order valence-electron chi connectivity index (χ2n) is 2.69. The Morgan fingerprint density at radius 3 is 2.64 bits per heavy atom. The molecular weight excluding hydrogens is 273 g/mol. The number of benzene rings is 1. The van der Waals surface area contributed by atoms with Gasteiger partial charge in [-0.15, -0.1) is 0 Å². The Morgan fingerprint density at radius 1 is 1.21 bits per heavy atom. The number of rotatable bonds is 1. The van der Waals surface area contributed by atoms with Crippen LogP contribution in [0.3, 0.4) is 0 Å². The average molecular weight is 280 g/mol. The minimum atomic E-state index is -0.940. The number of carboxylic acids is 1. The molecule has 0 atom stereocenters. The van der Waals surface area contributed by atoms with Crippen molar-refractivity contribution in [3.63, 3.8) is 0 Å². The first-order chi connectivity index (χ1) is 6.29. The van der Waals surface area contributed by atoms with E-state index in [1.54, 1.807) is 24.4 Å². The van der Waals surface area contributed by atoms with Gasteiger partial charge in [0.2, 0.25) is 0 Å². The molecule has 0 aliphatic heterocycles. The third-order valence-corrected chi connectivity index (χ3v) is 1.86. The quantitative estimate of drug-likeness (QED) is 0.812. The first-order valence-corrected chi connectivity index (χ1v) is 3.86. The number of aromatic nitrogens is 1. The topological polar surface area (TPSA) is 50.2 Å². The number of hydrogen-bond donors (Lipinski definition) is 1. The summed E-state index contributed by atoms with van der Waals surface area (Å²) in [6.07, 6.45) is 1.59. The predicted octanol–water partition coefficient (Wildman–Crippen LogP) is 1.93. The van der Waals surface area contributed by atoms with Gasteiger partial charge in [-0.3, -0.25) is 4.98 Å². The molecule has 0 unspecified atom stereocenters. The van der Waals surface area contributed by atoms with E-state index in [1.165, 1.54) is 0 Å². The fourth-order valence-corrected chi connectivity index (χ4v) is 1.28. The zero-order chi connectivity index (χ0) is 9.26. The molecular formula is C10H7NO2Pd. The molecule has 0 saturated heterocycles. The van der Waals surface area contributed by atoms with Gasteiger partial charge in [0, 0.05) is 32.0 Å². The molecule has 1 heterocycles. The van der Waals surface area contributed by atoms with E-state index < -0.39 is 5.97 Å². The summed E-state index contributed by atoms with van der Waals surface area (Å²) >= 11 is 0. The molecule has 74 valence electrons. The van der Waals surface area contributed by atoms with Crippen LogP contribution in [0.15, 0.2) is 36.5 Å². The second-order valence-corrected chi connectivity index (χ2v) is 2.69. The van der Waals surface area contributed by atoms with Crippen LogP contribution in [0.25, 0.3) is 10.9 Å². The van der Waals surface area contributed by atoms with Gasteiger partial charge in [-0.05, 0) is 12.1 Å². The molecule has 0 amide bonds. The summed E-state index contributed by atoms with van der Waals surface area (Å²) in [6, 6.07) is 8.74. The van der Waals surface area contributed by atoms with Crippen LogP contribution in [0.2, 0.25) is 0 Å². The van der Waals surface area contributed by atoms with Gasteiger partial charge in [0.1, 0.15) is 0 Å². The van der Waals surface area contributed by atoms with E-state index in [4.69, 9.17) is 5.11 Å². The molecule has 0 aliphatic carbocycles. The van der Waals surface area contributed by atoms with Crippen molar-refractivity contribution < 1.29 is 30.3 Å². The first kappa shape index (κ1) is 10.8. The van der Waals surface area contributed by atoms with Gasteiger partial charge in [0.25, 0.3) is 0 Å². The number of pyridine rings is 1. The molecule has 0 aliphatic rings. The van der Waals surface area contributed by atoms with E-state index in [0.717, 1.165) is 5.39 Å². The van der Waals surface area contributed by atoms with Crippen molar-refractivity contribution in [3.05, 3.63) is 42.1 Å². The number of para-hydroxylation sites is 1. The third-order valence-electron chi connectivity index (χ3n) is 1.86. The Morgan fingerprint density at radius 2 is 1.93 bits per heavy atom. The van der Waals surface area contributed by atoms with Crippen molar-refractivity contribution in [2.75, 3.05) is 0 Å². The van der Waals surface area contributed by atoms with Gasteiger partial charge in [-0.2, -0.15) is 0 Å². The van der Waals surface area contributed by atoms with E-state index in [0.29, 0.717) is 5.52 Å². The Labute approximate surface area is 94.4 Å². The van der Waals surface area contributed by atoms with Gasteiger partial charge in [0.15, 0.2) is 0 Å². The smallest absolute Gasteiger partial charge is 0.337 e. The molecule has 0 radical (unpaired) electrons. The first-order valence-electron chi connectivity index (χ1n) is 3.86. The summed E-state index contributed by atoms with van der Waals surface area (Å²) in [5.41, 5.74) is 0.788. The summed E-state index contributed by atoms with van der Waals surface area (Å²) in [4.78, 5) is 14.8. The van der Waals surface area contributed by atoms with E-state index in [-0.39, 0.29) is 26.0 Å². The van der Waals surface area contributed by atoms with Gasteiger partial charge in [-0.1, -0.05) is 18.2 Å². The number of hydrogen-bond acceptors (Lipinski definition) is 2. The molecule has 1 aromatic carbocycles. The Kier molecular flexibility index (Phi) is 3.34. The minimum absolute atomic E-state index is 0. The number of aromatic carboxylic acids is 1. The molecule has 0 spiro atoms. The van der Waals surface area contributed by atoms with Crippen molar-refractivity contribution in [1.29, 1.82) is 0 Å². The fraction of sp³-hybridized carbons (Fsp3) is 0.